The van der Waals surface area contributed by atoms with Crippen molar-refractivity contribution in [1.82, 2.24) is 15.5 Å². The number of hydrogen-bond acceptors (Lipinski definition) is 8. The van der Waals surface area contributed by atoms with Crippen LogP contribution < -0.4 is 16.4 Å². The second kappa shape index (κ2) is 14.2. The van der Waals surface area contributed by atoms with E-state index in [0.29, 0.717) is 37.3 Å². The van der Waals surface area contributed by atoms with Gasteiger partial charge in [-0.2, -0.15) is 23.5 Å². The van der Waals surface area contributed by atoms with Gasteiger partial charge in [0.2, 0.25) is 17.7 Å². The standard InChI is InChI=1S/C19H32N4O7S2/c1-31-8-5-12(21-16(26)11(20)10-15(24)25)17(27)22-13(6-9-32-2)18(28)23-7-3-4-14(23)19(29)30/h11-14H,3-10,20H2,1-2H3,(H,21,26)(H,22,27)(H,24,25)(H,29,30). The van der Waals surface area contributed by atoms with Gasteiger partial charge in [-0.15, -0.1) is 0 Å². The molecule has 1 heterocycles. The average Bonchev–Trinajstić information content (AvgIpc) is 3.22. The zero-order chi connectivity index (χ0) is 24.3. The topological polar surface area (TPSA) is 179 Å². The van der Waals surface area contributed by atoms with Crippen LogP contribution >= 0.6 is 23.5 Å². The molecule has 3 amide bonds. The predicted molar refractivity (Wildman–Crippen MR) is 122 cm³/mol. The van der Waals surface area contributed by atoms with Gasteiger partial charge in [0.15, 0.2) is 0 Å². The maximum Gasteiger partial charge on any atom is 0.326 e. The fourth-order valence-electron chi connectivity index (χ4n) is 3.32. The minimum absolute atomic E-state index is 0.253. The van der Waals surface area contributed by atoms with Crippen LogP contribution in [0.2, 0.25) is 0 Å². The second-order valence-corrected chi connectivity index (χ2v) is 9.39. The molecule has 0 aromatic rings. The summed E-state index contributed by atoms with van der Waals surface area (Å²) >= 11 is 2.94. The van der Waals surface area contributed by atoms with Crippen molar-refractivity contribution in [2.75, 3.05) is 30.6 Å². The molecule has 0 aliphatic carbocycles. The summed E-state index contributed by atoms with van der Waals surface area (Å²) < 4.78 is 0. The quantitative estimate of drug-likeness (QED) is 0.209. The maximum atomic E-state index is 13.1. The van der Waals surface area contributed by atoms with Gasteiger partial charge in [0.05, 0.1) is 12.5 Å². The molecule has 1 aliphatic heterocycles. The van der Waals surface area contributed by atoms with Gasteiger partial charge in [0, 0.05) is 6.54 Å². The lowest BCUT2D eigenvalue weighted by Gasteiger charge is -2.29. The maximum absolute atomic E-state index is 13.1. The van der Waals surface area contributed by atoms with Crippen LogP contribution in [0.15, 0.2) is 0 Å². The van der Waals surface area contributed by atoms with Crippen LogP contribution in [0.5, 0.6) is 0 Å². The molecule has 32 heavy (non-hydrogen) atoms. The van der Waals surface area contributed by atoms with E-state index in [1.165, 1.54) is 28.4 Å². The molecule has 0 aromatic carbocycles. The Morgan fingerprint density at radius 3 is 2.09 bits per heavy atom. The molecule has 1 fully saturated rings. The molecule has 4 unspecified atom stereocenters. The zero-order valence-corrected chi connectivity index (χ0v) is 19.9. The lowest BCUT2D eigenvalue weighted by molar-refractivity contribution is -0.149. The first kappa shape index (κ1) is 28.0. The van der Waals surface area contributed by atoms with Crippen molar-refractivity contribution in [1.29, 1.82) is 0 Å². The Morgan fingerprint density at radius 2 is 1.56 bits per heavy atom. The number of carboxylic acid groups (broad SMARTS) is 2. The summed E-state index contributed by atoms with van der Waals surface area (Å²) in [4.78, 5) is 61.8. The molecule has 13 heteroatoms. The number of carboxylic acids is 2. The van der Waals surface area contributed by atoms with Gasteiger partial charge < -0.3 is 31.5 Å². The number of hydrogen-bond donors (Lipinski definition) is 5. The van der Waals surface area contributed by atoms with Crippen LogP contribution in [-0.4, -0.2) is 99.5 Å². The van der Waals surface area contributed by atoms with Crippen molar-refractivity contribution in [3.8, 4) is 0 Å². The van der Waals surface area contributed by atoms with E-state index in [4.69, 9.17) is 10.8 Å². The minimum Gasteiger partial charge on any atom is -0.481 e. The molecule has 1 saturated heterocycles. The van der Waals surface area contributed by atoms with E-state index in [1.807, 2.05) is 12.5 Å². The number of carbonyl (C=O) groups excluding carboxylic acids is 3. The van der Waals surface area contributed by atoms with E-state index in [1.54, 1.807) is 0 Å². The third-order valence-corrected chi connectivity index (χ3v) is 6.31. The molecule has 0 spiro atoms. The van der Waals surface area contributed by atoms with Crippen LogP contribution in [0.3, 0.4) is 0 Å². The largest absolute Gasteiger partial charge is 0.481 e. The van der Waals surface area contributed by atoms with Gasteiger partial charge >= 0.3 is 11.9 Å². The zero-order valence-electron chi connectivity index (χ0n) is 18.2. The fraction of sp³-hybridized carbons (Fsp3) is 0.737. The lowest BCUT2D eigenvalue weighted by atomic mass is 10.1. The van der Waals surface area contributed by atoms with E-state index >= 15 is 0 Å². The molecule has 0 aromatic heterocycles. The predicted octanol–water partition coefficient (Wildman–Crippen LogP) is -0.660. The Morgan fingerprint density at radius 1 is 1.00 bits per heavy atom. The van der Waals surface area contributed by atoms with Gasteiger partial charge in [-0.1, -0.05) is 0 Å². The second-order valence-electron chi connectivity index (χ2n) is 7.42. The summed E-state index contributed by atoms with van der Waals surface area (Å²) in [7, 11) is 0. The number of amides is 3. The van der Waals surface area contributed by atoms with Gasteiger partial charge in [-0.05, 0) is 49.7 Å². The molecule has 4 atom stereocenters. The third-order valence-electron chi connectivity index (χ3n) is 5.02. The minimum atomic E-state index is -1.31. The fourth-order valence-corrected chi connectivity index (χ4v) is 4.26. The number of carbonyl (C=O) groups is 5. The van der Waals surface area contributed by atoms with E-state index in [2.05, 4.69) is 10.6 Å². The van der Waals surface area contributed by atoms with Crippen molar-refractivity contribution >= 4 is 53.2 Å². The highest BCUT2D eigenvalue weighted by Gasteiger charge is 2.38. The lowest BCUT2D eigenvalue weighted by Crippen LogP contribution is -2.57. The summed E-state index contributed by atoms with van der Waals surface area (Å²) in [6.45, 7) is 0.304. The number of aliphatic carboxylic acids is 2. The van der Waals surface area contributed by atoms with Gasteiger partial charge in [0.1, 0.15) is 18.1 Å². The number of nitrogens with zero attached hydrogens (tertiary/aromatic N) is 1. The van der Waals surface area contributed by atoms with Crippen LogP contribution in [0.1, 0.15) is 32.1 Å². The molecule has 11 nitrogen and oxygen atoms in total. The highest BCUT2D eigenvalue weighted by molar-refractivity contribution is 7.98. The summed E-state index contributed by atoms with van der Waals surface area (Å²) in [6.07, 6.45) is 4.59. The highest BCUT2D eigenvalue weighted by atomic mass is 32.2. The Kier molecular flexibility index (Phi) is 12.5. The Labute approximate surface area is 195 Å². The summed E-state index contributed by atoms with van der Waals surface area (Å²) in [5.74, 6) is -3.06. The Balaban J connectivity index is 2.94. The Bertz CT molecular complexity index is 695. The number of nitrogens with one attached hydrogen (secondary N) is 2. The first-order valence-corrected chi connectivity index (χ1v) is 13.0. The number of likely N-dealkylation sites (tertiary alicyclic amines) is 1. The molecule has 0 bridgehead atoms. The van der Waals surface area contributed by atoms with Gasteiger partial charge in [-0.3, -0.25) is 19.2 Å². The van der Waals surface area contributed by atoms with Gasteiger partial charge in [0.25, 0.3) is 0 Å². The van der Waals surface area contributed by atoms with Crippen molar-refractivity contribution in [2.45, 2.75) is 56.3 Å². The van der Waals surface area contributed by atoms with Crippen LogP contribution in [0, 0.1) is 0 Å². The normalized spacial score (nSPS) is 18.5. The van der Waals surface area contributed by atoms with Crippen molar-refractivity contribution in [3.63, 3.8) is 0 Å². The van der Waals surface area contributed by atoms with Crippen molar-refractivity contribution in [3.05, 3.63) is 0 Å². The average molecular weight is 493 g/mol. The summed E-state index contributed by atoms with van der Waals surface area (Å²) in [5.41, 5.74) is 5.59. The van der Waals surface area contributed by atoms with Crippen LogP contribution in [0.25, 0.3) is 0 Å². The van der Waals surface area contributed by atoms with Crippen molar-refractivity contribution < 1.29 is 34.2 Å². The first-order valence-electron chi connectivity index (χ1n) is 10.2. The first-order chi connectivity index (χ1) is 15.1. The highest BCUT2D eigenvalue weighted by Crippen LogP contribution is 2.20. The number of nitrogens with two attached hydrogens (primary N) is 1. The SMILES string of the molecule is CSCCC(NC(=O)C(N)CC(=O)O)C(=O)NC(CCSC)C(=O)N1CCCC1C(=O)O. The summed E-state index contributed by atoms with van der Waals surface area (Å²) in [6, 6.07) is -4.17. The molecule has 182 valence electrons. The molecule has 1 rings (SSSR count). The van der Waals surface area contributed by atoms with Crippen LogP contribution in [-0.2, 0) is 24.0 Å². The molecule has 6 N–H and O–H groups in total. The molecular weight excluding hydrogens is 460 g/mol. The number of thioether (sulfide) groups is 2. The third kappa shape index (κ3) is 8.87. The van der Waals surface area contributed by atoms with Crippen molar-refractivity contribution in [2.24, 2.45) is 5.73 Å². The smallest absolute Gasteiger partial charge is 0.326 e. The summed E-state index contributed by atoms with van der Waals surface area (Å²) in [5, 5.41) is 23.3. The van der Waals surface area contributed by atoms with Gasteiger partial charge in [-0.25, -0.2) is 4.79 Å². The molecule has 1 aliphatic rings. The molecule has 0 saturated carbocycles. The molecular formula is C19H32N4O7S2. The number of rotatable bonds is 14. The monoisotopic (exact) mass is 492 g/mol. The van der Waals surface area contributed by atoms with Crippen LogP contribution in [0.4, 0.5) is 0 Å². The van der Waals surface area contributed by atoms with E-state index in [0.717, 1.165) is 0 Å². The van der Waals surface area contributed by atoms with E-state index < -0.39 is 60.2 Å². The van der Waals surface area contributed by atoms with E-state index in [9.17, 15) is 29.1 Å². The van der Waals surface area contributed by atoms with E-state index in [-0.39, 0.29) is 6.42 Å². The Hall–Kier alpha value is -1.99. The molecule has 0 radical (unpaired) electrons.